The zero-order valence-corrected chi connectivity index (χ0v) is 12.4. The maximum Gasteiger partial charge on any atom is 0.319 e. The molecule has 0 spiro atoms. The van der Waals surface area contributed by atoms with Gasteiger partial charge in [-0.3, -0.25) is 4.79 Å². The van der Waals surface area contributed by atoms with Crippen molar-refractivity contribution in [3.05, 3.63) is 29.3 Å². The van der Waals surface area contributed by atoms with Gasteiger partial charge in [0.05, 0.1) is 5.92 Å². The molecule has 0 heterocycles. The normalized spacial score (nSPS) is 21.6. The van der Waals surface area contributed by atoms with Crippen molar-refractivity contribution in [2.75, 3.05) is 11.9 Å². The van der Waals surface area contributed by atoms with E-state index in [0.717, 1.165) is 19.3 Å². The average molecular weight is 311 g/mol. The van der Waals surface area contributed by atoms with Crippen LogP contribution >= 0.6 is 11.6 Å². The second kappa shape index (κ2) is 7.31. The van der Waals surface area contributed by atoms with Gasteiger partial charge in [-0.2, -0.15) is 0 Å². The highest BCUT2D eigenvalue weighted by Crippen LogP contribution is 2.29. The van der Waals surface area contributed by atoms with Crippen LogP contribution in [-0.4, -0.2) is 23.7 Å². The Morgan fingerprint density at radius 2 is 2.05 bits per heavy atom. The Morgan fingerprint density at radius 1 is 1.29 bits per heavy atom. The van der Waals surface area contributed by atoms with E-state index in [-0.39, 0.29) is 17.9 Å². The first-order valence-corrected chi connectivity index (χ1v) is 7.47. The van der Waals surface area contributed by atoms with Gasteiger partial charge in [-0.05, 0) is 37.0 Å². The minimum absolute atomic E-state index is 0.00126. The molecule has 0 bridgehead atoms. The van der Waals surface area contributed by atoms with Crippen LogP contribution in [0.1, 0.15) is 25.7 Å². The maximum absolute atomic E-state index is 11.8. The van der Waals surface area contributed by atoms with Gasteiger partial charge in [0.25, 0.3) is 0 Å². The Kier molecular flexibility index (Phi) is 5.44. The summed E-state index contributed by atoms with van der Waals surface area (Å²) in [7, 11) is 0. The number of amides is 2. The molecule has 2 amide bonds. The Bertz CT molecular complexity index is 521. The number of aliphatic carboxylic acids is 1. The van der Waals surface area contributed by atoms with Gasteiger partial charge in [0.15, 0.2) is 0 Å². The van der Waals surface area contributed by atoms with Crippen molar-refractivity contribution in [2.24, 2.45) is 11.8 Å². The fraction of sp³-hybridized carbons (Fsp3) is 0.467. The molecule has 21 heavy (non-hydrogen) atoms. The lowest BCUT2D eigenvalue weighted by molar-refractivity contribution is -0.144. The number of rotatable bonds is 4. The topological polar surface area (TPSA) is 78.4 Å². The van der Waals surface area contributed by atoms with Crippen LogP contribution in [0.2, 0.25) is 5.02 Å². The van der Waals surface area contributed by atoms with Crippen molar-refractivity contribution in [2.45, 2.75) is 25.7 Å². The molecule has 5 nitrogen and oxygen atoms in total. The van der Waals surface area contributed by atoms with Crippen molar-refractivity contribution in [1.29, 1.82) is 0 Å². The molecule has 1 fully saturated rings. The molecule has 1 aromatic carbocycles. The Balaban J connectivity index is 1.84. The lowest BCUT2D eigenvalue weighted by Gasteiger charge is -2.28. The van der Waals surface area contributed by atoms with Crippen molar-refractivity contribution < 1.29 is 14.7 Å². The number of nitrogens with one attached hydrogen (secondary N) is 2. The molecule has 0 aromatic heterocycles. The molecule has 0 aliphatic heterocycles. The highest BCUT2D eigenvalue weighted by atomic mass is 35.5. The predicted octanol–water partition coefficient (Wildman–Crippen LogP) is 3.35. The van der Waals surface area contributed by atoms with E-state index in [1.807, 2.05) is 0 Å². The van der Waals surface area contributed by atoms with E-state index >= 15 is 0 Å². The van der Waals surface area contributed by atoms with Crippen LogP contribution in [-0.2, 0) is 4.79 Å². The van der Waals surface area contributed by atoms with E-state index in [0.29, 0.717) is 23.7 Å². The number of carbonyl (C=O) groups is 2. The molecular weight excluding hydrogens is 292 g/mol. The van der Waals surface area contributed by atoms with E-state index in [9.17, 15) is 14.7 Å². The van der Waals surface area contributed by atoms with Crippen LogP contribution in [0.3, 0.4) is 0 Å². The third-order valence-electron chi connectivity index (χ3n) is 3.83. The summed E-state index contributed by atoms with van der Waals surface area (Å²) in [5.74, 6) is -1.12. The summed E-state index contributed by atoms with van der Waals surface area (Å²) in [6.07, 6.45) is 3.50. The first-order valence-electron chi connectivity index (χ1n) is 7.09. The van der Waals surface area contributed by atoms with E-state index in [1.165, 1.54) is 0 Å². The Morgan fingerprint density at radius 3 is 2.76 bits per heavy atom. The highest BCUT2D eigenvalue weighted by Gasteiger charge is 2.30. The molecule has 114 valence electrons. The SMILES string of the molecule is O=C(NCC1CCCCC1C(=O)O)Nc1cccc(Cl)c1. The Labute approximate surface area is 128 Å². The van der Waals surface area contributed by atoms with Gasteiger partial charge in [0.2, 0.25) is 0 Å². The smallest absolute Gasteiger partial charge is 0.319 e. The summed E-state index contributed by atoms with van der Waals surface area (Å²) in [6.45, 7) is 0.378. The van der Waals surface area contributed by atoms with Gasteiger partial charge in [-0.25, -0.2) is 4.79 Å². The fourth-order valence-electron chi connectivity index (χ4n) is 2.74. The van der Waals surface area contributed by atoms with Crippen LogP contribution < -0.4 is 10.6 Å². The quantitative estimate of drug-likeness (QED) is 0.798. The predicted molar refractivity (Wildman–Crippen MR) is 81.6 cm³/mol. The fourth-order valence-corrected chi connectivity index (χ4v) is 2.93. The van der Waals surface area contributed by atoms with E-state index in [1.54, 1.807) is 24.3 Å². The lowest BCUT2D eigenvalue weighted by Crippen LogP contribution is -2.38. The largest absolute Gasteiger partial charge is 0.481 e. The number of hydrogen-bond donors (Lipinski definition) is 3. The molecule has 2 rings (SSSR count). The van der Waals surface area contributed by atoms with Crippen LogP contribution in [0.4, 0.5) is 10.5 Å². The second-order valence-electron chi connectivity index (χ2n) is 5.33. The summed E-state index contributed by atoms with van der Waals surface area (Å²) in [5.41, 5.74) is 0.610. The van der Waals surface area contributed by atoms with Gasteiger partial charge < -0.3 is 15.7 Å². The highest BCUT2D eigenvalue weighted by molar-refractivity contribution is 6.30. The summed E-state index contributed by atoms with van der Waals surface area (Å²) < 4.78 is 0. The number of halogens is 1. The zero-order chi connectivity index (χ0) is 15.2. The number of carboxylic acids is 1. The molecule has 3 N–H and O–H groups in total. The summed E-state index contributed by atoms with van der Waals surface area (Å²) in [5, 5.41) is 15.2. The first-order chi connectivity index (χ1) is 10.1. The standard InChI is InChI=1S/C15H19ClN2O3/c16-11-5-3-6-12(8-11)18-15(21)17-9-10-4-1-2-7-13(10)14(19)20/h3,5-6,8,10,13H,1-2,4,7,9H2,(H,19,20)(H2,17,18,21). The second-order valence-corrected chi connectivity index (χ2v) is 5.77. The van der Waals surface area contributed by atoms with Crippen molar-refractivity contribution in [1.82, 2.24) is 5.32 Å². The number of urea groups is 1. The number of carbonyl (C=O) groups excluding carboxylic acids is 1. The van der Waals surface area contributed by atoms with Gasteiger partial charge in [0.1, 0.15) is 0 Å². The molecule has 1 aromatic rings. The molecule has 1 aliphatic carbocycles. The lowest BCUT2D eigenvalue weighted by atomic mass is 9.79. The summed E-state index contributed by atoms with van der Waals surface area (Å²) in [4.78, 5) is 23.0. The van der Waals surface area contributed by atoms with Gasteiger partial charge >= 0.3 is 12.0 Å². The maximum atomic E-state index is 11.8. The molecule has 2 atom stereocenters. The molecule has 0 saturated heterocycles. The number of anilines is 1. The average Bonchev–Trinajstić information content (AvgIpc) is 2.45. The molecule has 0 radical (unpaired) electrons. The van der Waals surface area contributed by atoms with Crippen molar-refractivity contribution in [3.63, 3.8) is 0 Å². The molecule has 1 aliphatic rings. The molecular formula is C15H19ClN2O3. The summed E-state index contributed by atoms with van der Waals surface area (Å²) >= 11 is 5.84. The van der Waals surface area contributed by atoms with E-state index < -0.39 is 5.97 Å². The number of hydrogen-bond acceptors (Lipinski definition) is 2. The van der Waals surface area contributed by atoms with E-state index in [2.05, 4.69) is 10.6 Å². The van der Waals surface area contributed by atoms with Crippen LogP contribution in [0.15, 0.2) is 24.3 Å². The summed E-state index contributed by atoms with van der Waals surface area (Å²) in [6, 6.07) is 6.53. The first kappa shape index (κ1) is 15.6. The number of carboxylic acid groups (broad SMARTS) is 1. The third-order valence-corrected chi connectivity index (χ3v) is 4.07. The van der Waals surface area contributed by atoms with Crippen LogP contribution in [0.25, 0.3) is 0 Å². The zero-order valence-electron chi connectivity index (χ0n) is 11.6. The van der Waals surface area contributed by atoms with Crippen molar-refractivity contribution >= 4 is 29.3 Å². The van der Waals surface area contributed by atoms with Gasteiger partial charge in [-0.1, -0.05) is 30.5 Å². The van der Waals surface area contributed by atoms with Gasteiger partial charge in [-0.15, -0.1) is 0 Å². The molecule has 1 saturated carbocycles. The van der Waals surface area contributed by atoms with Crippen molar-refractivity contribution in [3.8, 4) is 0 Å². The third kappa shape index (κ3) is 4.63. The minimum Gasteiger partial charge on any atom is -0.481 e. The van der Waals surface area contributed by atoms with Crippen LogP contribution in [0.5, 0.6) is 0 Å². The van der Waals surface area contributed by atoms with E-state index in [4.69, 9.17) is 11.6 Å². The Hall–Kier alpha value is -1.75. The number of benzene rings is 1. The monoisotopic (exact) mass is 310 g/mol. The van der Waals surface area contributed by atoms with Gasteiger partial charge in [0, 0.05) is 17.3 Å². The van der Waals surface area contributed by atoms with Crippen LogP contribution in [0, 0.1) is 11.8 Å². The minimum atomic E-state index is -0.767. The molecule has 6 heteroatoms. The molecule has 2 unspecified atom stereocenters.